The third kappa shape index (κ3) is 11.5. The lowest BCUT2D eigenvalue weighted by atomic mass is 10.1. The molecule has 214 valence electrons. The Hall–Kier alpha value is -4.69. The van der Waals surface area contributed by atoms with Gasteiger partial charge in [-0.3, -0.25) is 0 Å². The molecular formula is C33H34O8. The average Bonchev–Trinajstić information content (AvgIpc) is 3.01. The molecule has 0 fully saturated rings. The summed E-state index contributed by atoms with van der Waals surface area (Å²) >= 11 is 0. The lowest BCUT2D eigenvalue weighted by Gasteiger charge is -2.10. The van der Waals surface area contributed by atoms with Crippen LogP contribution in [0.4, 0.5) is 0 Å². The Morgan fingerprint density at radius 2 is 1.41 bits per heavy atom. The van der Waals surface area contributed by atoms with Crippen LogP contribution in [0, 0.1) is 0 Å². The molecule has 0 saturated heterocycles. The van der Waals surface area contributed by atoms with Crippen molar-refractivity contribution in [2.75, 3.05) is 19.8 Å². The van der Waals surface area contributed by atoms with E-state index in [2.05, 4.69) is 6.58 Å². The van der Waals surface area contributed by atoms with Crippen molar-refractivity contribution in [1.29, 1.82) is 0 Å². The van der Waals surface area contributed by atoms with Crippen LogP contribution in [0.2, 0.25) is 0 Å². The maximum atomic E-state index is 12.5. The second kappa shape index (κ2) is 17.1. The van der Waals surface area contributed by atoms with Crippen molar-refractivity contribution in [3.8, 4) is 11.5 Å². The van der Waals surface area contributed by atoms with Gasteiger partial charge in [-0.1, -0.05) is 49.0 Å². The number of ether oxygens (including phenoxy) is 4. The highest BCUT2D eigenvalue weighted by molar-refractivity contribution is 5.91. The molecule has 41 heavy (non-hydrogen) atoms. The number of unbranched alkanes of at least 4 members (excludes halogenated alkanes) is 3. The van der Waals surface area contributed by atoms with Crippen LogP contribution in [0.15, 0.2) is 97.6 Å². The van der Waals surface area contributed by atoms with E-state index in [-0.39, 0.29) is 6.61 Å². The maximum Gasteiger partial charge on any atom is 0.343 e. The Bertz CT molecular complexity index is 1280. The van der Waals surface area contributed by atoms with Gasteiger partial charge in [0.15, 0.2) is 0 Å². The summed E-state index contributed by atoms with van der Waals surface area (Å²) in [6, 6.07) is 22.3. The summed E-state index contributed by atoms with van der Waals surface area (Å²) < 4.78 is 21.2. The third-order valence-corrected chi connectivity index (χ3v) is 5.88. The van der Waals surface area contributed by atoms with Crippen molar-refractivity contribution < 1.29 is 38.4 Å². The first-order chi connectivity index (χ1) is 19.9. The van der Waals surface area contributed by atoms with Gasteiger partial charge in [-0.05, 0) is 79.3 Å². The quantitative estimate of drug-likeness (QED) is 0.101. The molecule has 0 amide bonds. The number of rotatable bonds is 16. The molecule has 8 heteroatoms. The number of hydrogen-bond acceptors (Lipinski definition) is 8. The van der Waals surface area contributed by atoms with E-state index in [1.807, 2.05) is 6.07 Å². The second-order valence-corrected chi connectivity index (χ2v) is 9.01. The molecule has 3 aromatic carbocycles. The molecular weight excluding hydrogens is 524 g/mol. The molecule has 3 aromatic rings. The minimum Gasteiger partial charge on any atom is -0.494 e. The highest BCUT2D eigenvalue weighted by Gasteiger charge is 2.10. The monoisotopic (exact) mass is 558 g/mol. The summed E-state index contributed by atoms with van der Waals surface area (Å²) in [5.74, 6) is -0.462. The summed E-state index contributed by atoms with van der Waals surface area (Å²) in [5.41, 5.74) is 1.77. The van der Waals surface area contributed by atoms with Crippen LogP contribution < -0.4 is 9.47 Å². The van der Waals surface area contributed by atoms with E-state index in [0.29, 0.717) is 41.4 Å². The first kappa shape index (κ1) is 30.8. The fourth-order valence-corrected chi connectivity index (χ4v) is 3.62. The van der Waals surface area contributed by atoms with E-state index in [1.54, 1.807) is 78.9 Å². The van der Waals surface area contributed by atoms with Crippen LogP contribution in [0.25, 0.3) is 6.08 Å². The number of carbonyl (C=O) groups excluding carboxylic acids is 3. The van der Waals surface area contributed by atoms with Crippen molar-refractivity contribution in [1.82, 2.24) is 0 Å². The highest BCUT2D eigenvalue weighted by Crippen LogP contribution is 2.18. The van der Waals surface area contributed by atoms with Gasteiger partial charge in [0.2, 0.25) is 0 Å². The number of carbonyl (C=O) groups is 3. The zero-order valence-electron chi connectivity index (χ0n) is 22.8. The van der Waals surface area contributed by atoms with Gasteiger partial charge in [0.1, 0.15) is 24.2 Å². The van der Waals surface area contributed by atoms with E-state index >= 15 is 0 Å². The van der Waals surface area contributed by atoms with Gasteiger partial charge in [-0.25, -0.2) is 14.4 Å². The fourth-order valence-electron chi connectivity index (χ4n) is 3.62. The molecule has 0 heterocycles. The highest BCUT2D eigenvalue weighted by atomic mass is 16.5. The largest absolute Gasteiger partial charge is 0.494 e. The molecule has 0 aromatic heterocycles. The van der Waals surface area contributed by atoms with Crippen LogP contribution in [-0.2, 0) is 19.1 Å². The van der Waals surface area contributed by atoms with Crippen LogP contribution in [0.3, 0.4) is 0 Å². The van der Waals surface area contributed by atoms with Crippen LogP contribution in [-0.4, -0.2) is 42.8 Å². The molecule has 0 aliphatic heterocycles. The summed E-state index contributed by atoms with van der Waals surface area (Å²) in [4.78, 5) is 35.5. The summed E-state index contributed by atoms with van der Waals surface area (Å²) in [7, 11) is 0. The zero-order valence-corrected chi connectivity index (χ0v) is 22.8. The number of esters is 3. The number of benzene rings is 3. The van der Waals surface area contributed by atoms with Crippen molar-refractivity contribution in [2.24, 2.45) is 0 Å². The van der Waals surface area contributed by atoms with E-state index < -0.39 is 24.0 Å². The number of hydrogen-bond donors (Lipinski definition) is 1. The van der Waals surface area contributed by atoms with Crippen molar-refractivity contribution >= 4 is 24.0 Å². The Balaban J connectivity index is 1.35. The minimum atomic E-state index is -0.893. The first-order valence-electron chi connectivity index (χ1n) is 13.4. The molecule has 0 bridgehead atoms. The van der Waals surface area contributed by atoms with Crippen LogP contribution in [0.1, 0.15) is 53.3 Å². The van der Waals surface area contributed by atoms with Gasteiger partial charge in [-0.2, -0.15) is 0 Å². The average molecular weight is 559 g/mol. The van der Waals surface area contributed by atoms with E-state index in [4.69, 9.17) is 18.9 Å². The SMILES string of the molecule is C=CC(=O)OCCCCCCOc1ccc(C(=O)Oc2ccc(C=CC(=O)OC[C@H](O)c3ccccc3)cc2)cc1. The molecule has 0 saturated carbocycles. The maximum absolute atomic E-state index is 12.5. The summed E-state index contributed by atoms with van der Waals surface area (Å²) in [5, 5.41) is 10.1. The smallest absolute Gasteiger partial charge is 0.343 e. The minimum absolute atomic E-state index is 0.146. The van der Waals surface area contributed by atoms with Gasteiger partial charge in [0, 0.05) is 12.2 Å². The van der Waals surface area contributed by atoms with Gasteiger partial charge in [-0.15, -0.1) is 0 Å². The molecule has 8 nitrogen and oxygen atoms in total. The number of aliphatic hydroxyl groups excluding tert-OH is 1. The Morgan fingerprint density at radius 3 is 2.10 bits per heavy atom. The third-order valence-electron chi connectivity index (χ3n) is 5.88. The molecule has 0 unspecified atom stereocenters. The Kier molecular flexibility index (Phi) is 12.9. The molecule has 1 N–H and O–H groups in total. The van der Waals surface area contributed by atoms with Gasteiger partial charge >= 0.3 is 17.9 Å². The fraction of sp³-hybridized carbons (Fsp3) is 0.242. The lowest BCUT2D eigenvalue weighted by Crippen LogP contribution is -2.10. The summed E-state index contributed by atoms with van der Waals surface area (Å²) in [6.07, 6.45) is 6.65. The molecule has 0 aliphatic carbocycles. The van der Waals surface area contributed by atoms with Gasteiger partial charge in [0.25, 0.3) is 0 Å². The molecule has 0 spiro atoms. The molecule has 0 aliphatic rings. The number of aliphatic hydroxyl groups is 1. The van der Waals surface area contributed by atoms with Crippen molar-refractivity contribution in [3.63, 3.8) is 0 Å². The zero-order chi connectivity index (χ0) is 29.3. The molecule has 0 radical (unpaired) electrons. The predicted octanol–water partition coefficient (Wildman–Crippen LogP) is 5.86. The van der Waals surface area contributed by atoms with Crippen LogP contribution in [0.5, 0.6) is 11.5 Å². The Labute approximate surface area is 239 Å². The standard InChI is InChI=1S/C33H34O8/c1-2-31(35)39-23-9-4-3-8-22-38-28-19-15-27(16-20-28)33(37)41-29-17-12-25(13-18-29)14-21-32(36)40-24-30(34)26-10-6-5-7-11-26/h2,5-7,10-21,30,34H,1,3-4,8-9,22-24H2/t30-/m0/s1. The predicted molar refractivity (Wildman–Crippen MR) is 154 cm³/mol. The summed E-state index contributed by atoms with van der Waals surface area (Å²) in [6.45, 7) is 4.15. The van der Waals surface area contributed by atoms with E-state index in [1.165, 1.54) is 6.08 Å². The first-order valence-corrected chi connectivity index (χ1v) is 13.4. The van der Waals surface area contributed by atoms with Crippen molar-refractivity contribution in [3.05, 3.63) is 114 Å². The normalized spacial score (nSPS) is 11.4. The topological polar surface area (TPSA) is 108 Å². The van der Waals surface area contributed by atoms with Crippen LogP contribution >= 0.6 is 0 Å². The van der Waals surface area contributed by atoms with E-state index in [9.17, 15) is 19.5 Å². The molecule has 1 atom stereocenters. The second-order valence-electron chi connectivity index (χ2n) is 9.01. The lowest BCUT2D eigenvalue weighted by molar-refractivity contribution is -0.140. The Morgan fingerprint density at radius 1 is 0.756 bits per heavy atom. The van der Waals surface area contributed by atoms with Crippen molar-refractivity contribution in [2.45, 2.75) is 31.8 Å². The van der Waals surface area contributed by atoms with Gasteiger partial charge in [0.05, 0.1) is 18.8 Å². The molecule has 3 rings (SSSR count). The van der Waals surface area contributed by atoms with Gasteiger partial charge < -0.3 is 24.1 Å². The van der Waals surface area contributed by atoms with E-state index in [0.717, 1.165) is 31.8 Å².